The molecule has 0 radical (unpaired) electrons. The van der Waals surface area contributed by atoms with Crippen molar-refractivity contribution < 1.29 is 14.6 Å². The molecule has 0 bridgehead atoms. The minimum atomic E-state index is -0.304. The lowest BCUT2D eigenvalue weighted by molar-refractivity contribution is 0.0773. The third-order valence-corrected chi connectivity index (χ3v) is 3.11. The van der Waals surface area contributed by atoms with Gasteiger partial charge in [0.05, 0.1) is 6.61 Å². The SMILES string of the molecule is CC1CSCCN1C(=O)OCCO. The first-order valence-electron chi connectivity index (χ1n) is 4.37. The van der Waals surface area contributed by atoms with Crippen LogP contribution >= 0.6 is 11.8 Å². The first kappa shape index (κ1) is 10.7. The fourth-order valence-corrected chi connectivity index (χ4v) is 2.23. The largest absolute Gasteiger partial charge is 0.447 e. The van der Waals surface area contributed by atoms with Crippen LogP contribution in [0.5, 0.6) is 0 Å². The topological polar surface area (TPSA) is 49.8 Å². The van der Waals surface area contributed by atoms with Crippen molar-refractivity contribution in [3.63, 3.8) is 0 Å². The lowest BCUT2D eigenvalue weighted by atomic mass is 10.3. The van der Waals surface area contributed by atoms with Gasteiger partial charge in [0.2, 0.25) is 0 Å². The highest BCUT2D eigenvalue weighted by molar-refractivity contribution is 7.99. The van der Waals surface area contributed by atoms with Crippen LogP contribution in [0, 0.1) is 0 Å². The lowest BCUT2D eigenvalue weighted by Crippen LogP contribution is -2.44. The van der Waals surface area contributed by atoms with Crippen molar-refractivity contribution >= 4 is 17.9 Å². The van der Waals surface area contributed by atoms with Crippen LogP contribution in [0.1, 0.15) is 6.92 Å². The number of carbonyl (C=O) groups is 1. The highest BCUT2D eigenvalue weighted by Crippen LogP contribution is 2.16. The number of amides is 1. The zero-order valence-corrected chi connectivity index (χ0v) is 8.55. The van der Waals surface area contributed by atoms with Crippen LogP contribution in [-0.2, 0) is 4.74 Å². The standard InChI is InChI=1S/C8H15NO3S/c1-7-6-13-5-2-9(7)8(11)12-4-3-10/h7,10H,2-6H2,1H3. The van der Waals surface area contributed by atoms with Crippen LogP contribution in [0.15, 0.2) is 0 Å². The van der Waals surface area contributed by atoms with Crippen molar-refractivity contribution in [2.75, 3.05) is 31.3 Å². The van der Waals surface area contributed by atoms with Gasteiger partial charge in [-0.3, -0.25) is 0 Å². The van der Waals surface area contributed by atoms with E-state index in [9.17, 15) is 4.79 Å². The van der Waals surface area contributed by atoms with Crippen molar-refractivity contribution in [3.05, 3.63) is 0 Å². The van der Waals surface area contributed by atoms with Gasteiger partial charge in [-0.05, 0) is 6.92 Å². The van der Waals surface area contributed by atoms with Crippen LogP contribution in [-0.4, -0.2) is 53.4 Å². The van der Waals surface area contributed by atoms with E-state index in [1.165, 1.54) is 0 Å². The van der Waals surface area contributed by atoms with E-state index in [2.05, 4.69) is 0 Å². The van der Waals surface area contributed by atoms with Gasteiger partial charge in [0.25, 0.3) is 0 Å². The molecule has 0 aromatic heterocycles. The number of hydrogen-bond donors (Lipinski definition) is 1. The molecule has 76 valence electrons. The number of aliphatic hydroxyl groups is 1. The first-order valence-corrected chi connectivity index (χ1v) is 5.53. The predicted molar refractivity (Wildman–Crippen MR) is 51.9 cm³/mol. The quantitative estimate of drug-likeness (QED) is 0.715. The van der Waals surface area contributed by atoms with E-state index < -0.39 is 0 Å². The monoisotopic (exact) mass is 205 g/mol. The molecule has 0 spiro atoms. The van der Waals surface area contributed by atoms with Gasteiger partial charge in [-0.1, -0.05) is 0 Å². The summed E-state index contributed by atoms with van der Waals surface area (Å²) in [7, 11) is 0. The summed E-state index contributed by atoms with van der Waals surface area (Å²) >= 11 is 1.85. The second-order valence-corrected chi connectivity index (χ2v) is 4.11. The molecular formula is C8H15NO3S. The molecular weight excluding hydrogens is 190 g/mol. The summed E-state index contributed by atoms with van der Waals surface area (Å²) in [6, 6.07) is 0.241. The highest BCUT2D eigenvalue weighted by Gasteiger charge is 2.24. The average molecular weight is 205 g/mol. The fraction of sp³-hybridized carbons (Fsp3) is 0.875. The maximum atomic E-state index is 11.4. The summed E-state index contributed by atoms with van der Waals surface area (Å²) in [4.78, 5) is 13.1. The Balaban J connectivity index is 2.35. The molecule has 5 heteroatoms. The lowest BCUT2D eigenvalue weighted by Gasteiger charge is -2.31. The zero-order chi connectivity index (χ0) is 9.68. The Morgan fingerprint density at radius 3 is 3.15 bits per heavy atom. The third kappa shape index (κ3) is 3.08. The van der Waals surface area contributed by atoms with E-state index in [4.69, 9.17) is 9.84 Å². The maximum absolute atomic E-state index is 11.4. The van der Waals surface area contributed by atoms with Gasteiger partial charge in [0, 0.05) is 24.1 Å². The normalized spacial score (nSPS) is 22.9. The molecule has 1 heterocycles. The Labute approximate surface area is 82.2 Å². The Kier molecular flexibility index (Phi) is 4.38. The molecule has 1 fully saturated rings. The minimum Gasteiger partial charge on any atom is -0.447 e. The molecule has 1 aliphatic heterocycles. The van der Waals surface area contributed by atoms with E-state index in [1.807, 2.05) is 18.7 Å². The molecule has 0 aliphatic carbocycles. The third-order valence-electron chi connectivity index (χ3n) is 1.92. The minimum absolute atomic E-state index is 0.0925. The summed E-state index contributed by atoms with van der Waals surface area (Å²) < 4.78 is 4.83. The van der Waals surface area contributed by atoms with Crippen molar-refractivity contribution in [1.29, 1.82) is 0 Å². The molecule has 0 aromatic carbocycles. The molecule has 4 nitrogen and oxygen atoms in total. The highest BCUT2D eigenvalue weighted by atomic mass is 32.2. The molecule has 1 unspecified atom stereocenters. The summed E-state index contributed by atoms with van der Waals surface area (Å²) in [5.41, 5.74) is 0. The fourth-order valence-electron chi connectivity index (χ4n) is 1.21. The second-order valence-electron chi connectivity index (χ2n) is 2.96. The summed E-state index contributed by atoms with van der Waals surface area (Å²) in [5.74, 6) is 1.94. The average Bonchev–Trinajstić information content (AvgIpc) is 2.15. The molecule has 0 aromatic rings. The first-order chi connectivity index (χ1) is 6.25. The number of nitrogens with zero attached hydrogens (tertiary/aromatic N) is 1. The molecule has 0 saturated carbocycles. The maximum Gasteiger partial charge on any atom is 0.410 e. The van der Waals surface area contributed by atoms with E-state index >= 15 is 0 Å². The number of hydrogen-bond acceptors (Lipinski definition) is 4. The molecule has 1 aliphatic rings. The number of rotatable bonds is 2. The van der Waals surface area contributed by atoms with Crippen LogP contribution in [0.2, 0.25) is 0 Å². The van der Waals surface area contributed by atoms with Crippen LogP contribution in [0.25, 0.3) is 0 Å². The number of ether oxygens (including phenoxy) is 1. The van der Waals surface area contributed by atoms with Crippen molar-refractivity contribution in [2.24, 2.45) is 0 Å². The van der Waals surface area contributed by atoms with E-state index in [0.717, 1.165) is 18.1 Å². The second kappa shape index (κ2) is 5.34. The zero-order valence-electron chi connectivity index (χ0n) is 7.73. The number of thioether (sulfide) groups is 1. The van der Waals surface area contributed by atoms with Gasteiger partial charge in [0.1, 0.15) is 6.61 Å². The number of aliphatic hydroxyl groups excluding tert-OH is 1. The van der Waals surface area contributed by atoms with Gasteiger partial charge in [-0.25, -0.2) is 4.79 Å². The molecule has 13 heavy (non-hydrogen) atoms. The summed E-state index contributed by atoms with van der Waals surface area (Å²) in [6.07, 6.45) is -0.304. The van der Waals surface area contributed by atoms with E-state index in [0.29, 0.717) is 0 Å². The van der Waals surface area contributed by atoms with Gasteiger partial charge >= 0.3 is 6.09 Å². The van der Waals surface area contributed by atoms with Gasteiger partial charge in [0.15, 0.2) is 0 Å². The van der Waals surface area contributed by atoms with Crippen molar-refractivity contribution in [2.45, 2.75) is 13.0 Å². The van der Waals surface area contributed by atoms with E-state index in [1.54, 1.807) is 4.90 Å². The van der Waals surface area contributed by atoms with Gasteiger partial charge in [-0.2, -0.15) is 11.8 Å². The smallest absolute Gasteiger partial charge is 0.410 e. The Morgan fingerprint density at radius 2 is 2.54 bits per heavy atom. The summed E-state index contributed by atoms with van der Waals surface area (Å²) in [5, 5.41) is 8.48. The Bertz CT molecular complexity index is 177. The molecule has 1 N–H and O–H groups in total. The molecule has 1 rings (SSSR count). The van der Waals surface area contributed by atoms with Crippen LogP contribution in [0.3, 0.4) is 0 Å². The van der Waals surface area contributed by atoms with Crippen LogP contribution < -0.4 is 0 Å². The Hall–Kier alpha value is -0.420. The van der Waals surface area contributed by atoms with Crippen LogP contribution in [0.4, 0.5) is 4.79 Å². The predicted octanol–water partition coefficient (Wildman–Crippen LogP) is 0.553. The number of carbonyl (C=O) groups excluding carboxylic acids is 1. The van der Waals surface area contributed by atoms with E-state index in [-0.39, 0.29) is 25.3 Å². The molecule has 1 atom stereocenters. The van der Waals surface area contributed by atoms with Crippen molar-refractivity contribution in [1.82, 2.24) is 4.90 Å². The van der Waals surface area contributed by atoms with Crippen molar-refractivity contribution in [3.8, 4) is 0 Å². The molecule has 1 saturated heterocycles. The van der Waals surface area contributed by atoms with Gasteiger partial charge < -0.3 is 14.7 Å². The molecule has 1 amide bonds. The van der Waals surface area contributed by atoms with Gasteiger partial charge in [-0.15, -0.1) is 0 Å². The summed E-state index contributed by atoms with van der Waals surface area (Å²) in [6.45, 7) is 2.74. The Morgan fingerprint density at radius 1 is 1.77 bits per heavy atom.